The second-order valence-corrected chi connectivity index (χ2v) is 4.84. The van der Waals surface area contributed by atoms with Gasteiger partial charge >= 0.3 is 5.97 Å². The van der Waals surface area contributed by atoms with E-state index in [0.29, 0.717) is 6.42 Å². The lowest BCUT2D eigenvalue weighted by Crippen LogP contribution is -2.69. The van der Waals surface area contributed by atoms with Crippen molar-refractivity contribution in [2.45, 2.75) is 50.9 Å². The zero-order valence-electron chi connectivity index (χ0n) is 8.00. The largest absolute Gasteiger partial charge is 0.461 e. The molecule has 2 saturated heterocycles. The summed E-state index contributed by atoms with van der Waals surface area (Å²) in [6.45, 7) is 4.34. The fraction of sp³-hybridized carbons (Fsp3) is 0.900. The lowest BCUT2D eigenvalue weighted by Gasteiger charge is -2.60. The Morgan fingerprint density at radius 2 is 2.15 bits per heavy atom. The molecule has 3 heteroatoms. The van der Waals surface area contributed by atoms with Gasteiger partial charge in [-0.1, -0.05) is 6.92 Å². The van der Waals surface area contributed by atoms with Crippen molar-refractivity contribution in [3.8, 4) is 0 Å². The minimum Gasteiger partial charge on any atom is -0.461 e. The smallest absolute Gasteiger partial charge is 0.308 e. The van der Waals surface area contributed by atoms with Gasteiger partial charge < -0.3 is 9.47 Å². The van der Waals surface area contributed by atoms with Gasteiger partial charge in [0, 0.05) is 0 Å². The van der Waals surface area contributed by atoms with Gasteiger partial charge in [-0.3, -0.25) is 4.79 Å². The van der Waals surface area contributed by atoms with Crippen molar-refractivity contribution in [1.29, 1.82) is 0 Å². The molecule has 2 aliphatic heterocycles. The van der Waals surface area contributed by atoms with Gasteiger partial charge in [0.1, 0.15) is 6.10 Å². The number of esters is 1. The predicted molar refractivity (Wildman–Crippen MR) is 45.1 cm³/mol. The standard InChI is InChI=1S/C10H14O3/c1-9-4-3-6-10(9,2)7(13-9)5-8(11)12-6/h6-7H,3-5H2,1-2H3/t6?,7?,9?,10-/m1/s1. The Morgan fingerprint density at radius 3 is 2.92 bits per heavy atom. The van der Waals surface area contributed by atoms with E-state index in [0.717, 1.165) is 12.8 Å². The van der Waals surface area contributed by atoms with Crippen LogP contribution in [0.25, 0.3) is 0 Å². The number of carbonyl (C=O) groups is 1. The van der Waals surface area contributed by atoms with Crippen LogP contribution in [-0.2, 0) is 14.3 Å². The van der Waals surface area contributed by atoms with Crippen LogP contribution in [-0.4, -0.2) is 23.8 Å². The van der Waals surface area contributed by atoms with Crippen molar-refractivity contribution in [1.82, 2.24) is 0 Å². The maximum absolute atomic E-state index is 11.2. The molecule has 4 atom stereocenters. The highest BCUT2D eigenvalue weighted by Gasteiger charge is 2.71. The maximum atomic E-state index is 11.2. The van der Waals surface area contributed by atoms with E-state index < -0.39 is 0 Å². The van der Waals surface area contributed by atoms with E-state index in [1.165, 1.54) is 0 Å². The average Bonchev–Trinajstić information content (AvgIpc) is 2.30. The Labute approximate surface area is 77.4 Å². The molecular formula is C10H14O3. The van der Waals surface area contributed by atoms with Crippen molar-refractivity contribution in [2.24, 2.45) is 5.41 Å². The molecular weight excluding hydrogens is 168 g/mol. The Kier molecular flexibility index (Phi) is 1.15. The Morgan fingerprint density at radius 1 is 1.38 bits per heavy atom. The van der Waals surface area contributed by atoms with Gasteiger partial charge in [-0.2, -0.15) is 0 Å². The molecule has 0 radical (unpaired) electrons. The summed E-state index contributed by atoms with van der Waals surface area (Å²) in [7, 11) is 0. The van der Waals surface area contributed by atoms with Gasteiger partial charge in [-0.15, -0.1) is 0 Å². The Balaban J connectivity index is 2.01. The van der Waals surface area contributed by atoms with E-state index in [1.54, 1.807) is 0 Å². The normalized spacial score (nSPS) is 58.2. The van der Waals surface area contributed by atoms with Gasteiger partial charge in [-0.05, 0) is 19.8 Å². The highest BCUT2D eigenvalue weighted by Crippen LogP contribution is 2.63. The van der Waals surface area contributed by atoms with Crippen molar-refractivity contribution < 1.29 is 14.3 Å². The summed E-state index contributed by atoms with van der Waals surface area (Å²) in [6, 6.07) is 0. The zero-order chi connectivity index (χ0) is 9.27. The van der Waals surface area contributed by atoms with Crippen LogP contribution in [0.5, 0.6) is 0 Å². The summed E-state index contributed by atoms with van der Waals surface area (Å²) in [5.41, 5.74) is 0.0734. The van der Waals surface area contributed by atoms with Crippen LogP contribution in [0.4, 0.5) is 0 Å². The van der Waals surface area contributed by atoms with E-state index in [2.05, 4.69) is 13.8 Å². The molecule has 3 rings (SSSR count). The Hall–Kier alpha value is -0.570. The number of hydrogen-bond acceptors (Lipinski definition) is 3. The molecule has 3 nitrogen and oxygen atoms in total. The molecule has 3 aliphatic rings. The minimum atomic E-state index is -0.0866. The molecule has 1 aliphatic carbocycles. The van der Waals surface area contributed by atoms with E-state index in [9.17, 15) is 4.79 Å². The topological polar surface area (TPSA) is 35.5 Å². The van der Waals surface area contributed by atoms with E-state index >= 15 is 0 Å². The molecule has 2 heterocycles. The summed E-state index contributed by atoms with van der Waals surface area (Å²) in [6.07, 6.45) is 2.67. The summed E-state index contributed by atoms with van der Waals surface area (Å²) in [4.78, 5) is 11.2. The molecule has 3 fully saturated rings. The van der Waals surface area contributed by atoms with E-state index in [1.807, 2.05) is 0 Å². The molecule has 0 N–H and O–H groups in total. The molecule has 0 spiro atoms. The number of ether oxygens (including phenoxy) is 2. The molecule has 1 saturated carbocycles. The first-order valence-electron chi connectivity index (χ1n) is 4.93. The van der Waals surface area contributed by atoms with Gasteiger partial charge in [0.05, 0.1) is 23.5 Å². The van der Waals surface area contributed by atoms with Crippen molar-refractivity contribution in [2.75, 3.05) is 0 Å². The zero-order valence-corrected chi connectivity index (χ0v) is 8.00. The fourth-order valence-electron chi connectivity index (χ4n) is 3.22. The second kappa shape index (κ2) is 1.92. The molecule has 13 heavy (non-hydrogen) atoms. The van der Waals surface area contributed by atoms with Crippen molar-refractivity contribution >= 4 is 5.97 Å². The van der Waals surface area contributed by atoms with E-state index in [4.69, 9.17) is 9.47 Å². The van der Waals surface area contributed by atoms with Crippen LogP contribution in [0.2, 0.25) is 0 Å². The third kappa shape index (κ3) is 0.654. The van der Waals surface area contributed by atoms with Crippen molar-refractivity contribution in [3.63, 3.8) is 0 Å². The summed E-state index contributed by atoms with van der Waals surface area (Å²) < 4.78 is 11.2. The monoisotopic (exact) mass is 182 g/mol. The highest BCUT2D eigenvalue weighted by molar-refractivity contribution is 5.72. The van der Waals surface area contributed by atoms with Gasteiger partial charge in [0.25, 0.3) is 0 Å². The molecule has 0 amide bonds. The maximum Gasteiger partial charge on any atom is 0.308 e. The van der Waals surface area contributed by atoms with Gasteiger partial charge in [-0.25, -0.2) is 0 Å². The lowest BCUT2D eigenvalue weighted by molar-refractivity contribution is -0.325. The third-order valence-electron chi connectivity index (χ3n) is 4.39. The first-order valence-corrected chi connectivity index (χ1v) is 4.93. The van der Waals surface area contributed by atoms with Crippen LogP contribution < -0.4 is 0 Å². The molecule has 0 aromatic carbocycles. The molecule has 0 aromatic heterocycles. The van der Waals surface area contributed by atoms with Crippen LogP contribution in [0.1, 0.15) is 33.1 Å². The number of hydrogen-bond donors (Lipinski definition) is 0. The summed E-state index contributed by atoms with van der Waals surface area (Å²) >= 11 is 0. The highest BCUT2D eigenvalue weighted by atomic mass is 16.6. The van der Waals surface area contributed by atoms with Crippen LogP contribution in [0, 0.1) is 5.41 Å². The molecule has 0 bridgehead atoms. The minimum absolute atomic E-state index is 0.0248. The number of carbonyl (C=O) groups excluding carboxylic acids is 1. The first-order chi connectivity index (χ1) is 6.06. The first kappa shape index (κ1) is 7.80. The van der Waals surface area contributed by atoms with E-state index in [-0.39, 0.29) is 29.2 Å². The number of rotatable bonds is 0. The van der Waals surface area contributed by atoms with Crippen molar-refractivity contribution in [3.05, 3.63) is 0 Å². The second-order valence-electron chi connectivity index (χ2n) is 4.84. The lowest BCUT2D eigenvalue weighted by atomic mass is 9.64. The van der Waals surface area contributed by atoms with Gasteiger partial charge in [0.2, 0.25) is 0 Å². The average molecular weight is 182 g/mol. The quantitative estimate of drug-likeness (QED) is 0.529. The Bertz CT molecular complexity index is 288. The molecule has 72 valence electrons. The summed E-state index contributed by atoms with van der Waals surface area (Å²) in [5.74, 6) is -0.0866. The van der Waals surface area contributed by atoms with Crippen LogP contribution in [0.3, 0.4) is 0 Å². The fourth-order valence-corrected chi connectivity index (χ4v) is 3.22. The molecule has 3 unspecified atom stereocenters. The summed E-state index contributed by atoms with van der Waals surface area (Å²) in [5, 5.41) is 0. The van der Waals surface area contributed by atoms with Crippen LogP contribution >= 0.6 is 0 Å². The SMILES string of the molecule is CC12CCC3OC(=O)CC(O1)[C@@]32C. The predicted octanol–water partition coefficient (Wildman–Crippen LogP) is 1.26. The molecule has 0 aromatic rings. The van der Waals surface area contributed by atoms with Crippen LogP contribution in [0.15, 0.2) is 0 Å². The third-order valence-corrected chi connectivity index (χ3v) is 4.39. The van der Waals surface area contributed by atoms with Gasteiger partial charge in [0.15, 0.2) is 0 Å².